The van der Waals surface area contributed by atoms with Crippen LogP contribution < -0.4 is 0 Å². The zero-order chi connectivity index (χ0) is 9.97. The van der Waals surface area contributed by atoms with Gasteiger partial charge in [-0.2, -0.15) is 0 Å². The molecule has 0 radical (unpaired) electrons. The normalized spacial score (nSPS) is 35.4. The van der Waals surface area contributed by atoms with Crippen LogP contribution in [-0.2, 0) is 9.53 Å². The van der Waals surface area contributed by atoms with Crippen LogP contribution in [0.4, 0.5) is 0 Å². The summed E-state index contributed by atoms with van der Waals surface area (Å²) in [5.41, 5.74) is 0. The molecule has 2 heteroatoms. The summed E-state index contributed by atoms with van der Waals surface area (Å²) < 4.78 is 5.08. The van der Waals surface area contributed by atoms with Crippen LogP contribution in [0.5, 0.6) is 0 Å². The lowest BCUT2D eigenvalue weighted by molar-refractivity contribution is -0.145. The number of hydrogen-bond acceptors (Lipinski definition) is 2. The third kappa shape index (κ3) is 1.84. The van der Waals surface area contributed by atoms with E-state index in [4.69, 9.17) is 4.74 Å². The second-order valence-electron chi connectivity index (χ2n) is 4.23. The molecule has 78 valence electrons. The summed E-state index contributed by atoms with van der Waals surface area (Å²) in [6.45, 7) is 2.40. The Bertz CT molecular complexity index is 229. The summed E-state index contributed by atoms with van der Waals surface area (Å²) in [5, 5.41) is 0. The number of fused-ring (bicyclic) bond motifs is 1. The first-order valence-electron chi connectivity index (χ1n) is 5.66. The molecule has 2 nitrogen and oxygen atoms in total. The molecule has 0 spiro atoms. The molecule has 0 amide bonds. The van der Waals surface area contributed by atoms with Gasteiger partial charge in [0, 0.05) is 0 Å². The molecule has 0 aliphatic heterocycles. The SMILES string of the molecule is CCOC(=O)C1C2CCC=CCCC21. The van der Waals surface area contributed by atoms with Crippen LogP contribution in [0.1, 0.15) is 32.6 Å². The van der Waals surface area contributed by atoms with Crippen molar-refractivity contribution in [3.05, 3.63) is 12.2 Å². The minimum Gasteiger partial charge on any atom is -0.466 e. The Morgan fingerprint density at radius 3 is 2.36 bits per heavy atom. The number of esters is 1. The van der Waals surface area contributed by atoms with Gasteiger partial charge in [-0.3, -0.25) is 4.79 Å². The van der Waals surface area contributed by atoms with Gasteiger partial charge in [-0.25, -0.2) is 0 Å². The van der Waals surface area contributed by atoms with Gasteiger partial charge in [0.05, 0.1) is 12.5 Å². The van der Waals surface area contributed by atoms with Gasteiger partial charge in [0.25, 0.3) is 0 Å². The average Bonchev–Trinajstić information content (AvgIpc) is 2.77. The smallest absolute Gasteiger partial charge is 0.309 e. The zero-order valence-corrected chi connectivity index (χ0v) is 8.74. The highest BCUT2D eigenvalue weighted by Gasteiger charge is 2.54. The van der Waals surface area contributed by atoms with Crippen molar-refractivity contribution < 1.29 is 9.53 Å². The average molecular weight is 194 g/mol. The van der Waals surface area contributed by atoms with E-state index in [1.54, 1.807) is 0 Å². The summed E-state index contributed by atoms with van der Waals surface area (Å²) in [7, 11) is 0. The highest BCUT2D eigenvalue weighted by Crippen LogP contribution is 2.53. The second-order valence-corrected chi connectivity index (χ2v) is 4.23. The van der Waals surface area contributed by atoms with Crippen LogP contribution in [0.2, 0.25) is 0 Å². The van der Waals surface area contributed by atoms with Crippen LogP contribution in [-0.4, -0.2) is 12.6 Å². The summed E-state index contributed by atoms with van der Waals surface area (Å²) in [6.07, 6.45) is 9.11. The molecule has 0 aromatic heterocycles. The Kier molecular flexibility index (Phi) is 2.90. The first kappa shape index (κ1) is 9.75. The van der Waals surface area contributed by atoms with E-state index in [-0.39, 0.29) is 11.9 Å². The monoisotopic (exact) mass is 194 g/mol. The molecule has 0 saturated heterocycles. The van der Waals surface area contributed by atoms with Crippen LogP contribution in [0.3, 0.4) is 0 Å². The number of carbonyl (C=O) groups excluding carboxylic acids is 1. The van der Waals surface area contributed by atoms with Gasteiger partial charge in [-0.1, -0.05) is 12.2 Å². The van der Waals surface area contributed by atoms with E-state index in [1.165, 1.54) is 12.8 Å². The van der Waals surface area contributed by atoms with Crippen molar-refractivity contribution in [3.8, 4) is 0 Å². The van der Waals surface area contributed by atoms with Crippen molar-refractivity contribution in [1.29, 1.82) is 0 Å². The number of ether oxygens (including phenoxy) is 1. The van der Waals surface area contributed by atoms with Gasteiger partial charge >= 0.3 is 5.97 Å². The van der Waals surface area contributed by atoms with Crippen LogP contribution in [0, 0.1) is 17.8 Å². The summed E-state index contributed by atoms with van der Waals surface area (Å²) in [6, 6.07) is 0. The molecule has 2 atom stereocenters. The third-order valence-corrected chi connectivity index (χ3v) is 3.39. The fourth-order valence-electron chi connectivity index (χ4n) is 2.63. The molecule has 1 fully saturated rings. The van der Waals surface area contributed by atoms with Gasteiger partial charge in [0.15, 0.2) is 0 Å². The van der Waals surface area contributed by atoms with Crippen molar-refractivity contribution in [2.75, 3.05) is 6.61 Å². The summed E-state index contributed by atoms with van der Waals surface area (Å²) in [5.74, 6) is 1.53. The topological polar surface area (TPSA) is 26.3 Å². The van der Waals surface area contributed by atoms with Gasteiger partial charge in [0.1, 0.15) is 0 Å². The van der Waals surface area contributed by atoms with Crippen molar-refractivity contribution in [2.45, 2.75) is 32.6 Å². The Labute approximate surface area is 85.3 Å². The summed E-state index contributed by atoms with van der Waals surface area (Å²) in [4.78, 5) is 11.6. The fourth-order valence-corrected chi connectivity index (χ4v) is 2.63. The predicted octanol–water partition coefficient (Wildman–Crippen LogP) is 2.54. The quantitative estimate of drug-likeness (QED) is 0.499. The molecule has 2 aliphatic carbocycles. The Balaban J connectivity index is 1.90. The first-order chi connectivity index (χ1) is 6.84. The minimum absolute atomic E-state index is 0.0457. The third-order valence-electron chi connectivity index (χ3n) is 3.39. The molecule has 2 unspecified atom stereocenters. The fraction of sp³-hybridized carbons (Fsp3) is 0.750. The molecule has 0 aromatic rings. The van der Waals surface area contributed by atoms with Gasteiger partial charge < -0.3 is 4.74 Å². The van der Waals surface area contributed by atoms with Crippen molar-refractivity contribution >= 4 is 5.97 Å². The molecule has 1 saturated carbocycles. The highest BCUT2D eigenvalue weighted by atomic mass is 16.5. The molecule has 0 N–H and O–H groups in total. The van der Waals surface area contributed by atoms with E-state index in [0.717, 1.165) is 12.8 Å². The molecule has 2 rings (SSSR count). The van der Waals surface area contributed by atoms with E-state index in [9.17, 15) is 4.79 Å². The van der Waals surface area contributed by atoms with Crippen LogP contribution in [0.25, 0.3) is 0 Å². The van der Waals surface area contributed by atoms with Crippen molar-refractivity contribution in [2.24, 2.45) is 17.8 Å². The molecule has 2 aliphatic rings. The van der Waals surface area contributed by atoms with E-state index in [2.05, 4.69) is 12.2 Å². The molecule has 0 heterocycles. The molecular formula is C12H18O2. The second kappa shape index (κ2) is 4.16. The lowest BCUT2D eigenvalue weighted by atomic mass is 10.1. The Morgan fingerprint density at radius 1 is 1.29 bits per heavy atom. The molecule has 0 aromatic carbocycles. The van der Waals surface area contributed by atoms with Crippen LogP contribution >= 0.6 is 0 Å². The standard InChI is InChI=1S/C12H18O2/c1-2-14-12(13)11-9-7-5-3-4-6-8-10(9)11/h3-4,9-11H,2,5-8H2,1H3. The first-order valence-corrected chi connectivity index (χ1v) is 5.66. The van der Waals surface area contributed by atoms with Crippen LogP contribution in [0.15, 0.2) is 12.2 Å². The zero-order valence-electron chi connectivity index (χ0n) is 8.74. The van der Waals surface area contributed by atoms with Gasteiger partial charge in [-0.05, 0) is 44.4 Å². The number of rotatable bonds is 2. The van der Waals surface area contributed by atoms with E-state index in [1.807, 2.05) is 6.92 Å². The van der Waals surface area contributed by atoms with Crippen molar-refractivity contribution in [1.82, 2.24) is 0 Å². The van der Waals surface area contributed by atoms with E-state index >= 15 is 0 Å². The number of allylic oxidation sites excluding steroid dienone is 2. The predicted molar refractivity (Wildman–Crippen MR) is 54.7 cm³/mol. The van der Waals surface area contributed by atoms with E-state index in [0.29, 0.717) is 18.4 Å². The summed E-state index contributed by atoms with van der Waals surface area (Å²) >= 11 is 0. The van der Waals surface area contributed by atoms with Gasteiger partial charge in [-0.15, -0.1) is 0 Å². The van der Waals surface area contributed by atoms with E-state index < -0.39 is 0 Å². The maximum atomic E-state index is 11.6. The lowest BCUT2D eigenvalue weighted by Gasteiger charge is -1.99. The maximum absolute atomic E-state index is 11.6. The van der Waals surface area contributed by atoms with Crippen molar-refractivity contribution in [3.63, 3.8) is 0 Å². The largest absolute Gasteiger partial charge is 0.466 e. The number of hydrogen-bond donors (Lipinski definition) is 0. The maximum Gasteiger partial charge on any atom is 0.309 e. The number of carbonyl (C=O) groups is 1. The van der Waals surface area contributed by atoms with Gasteiger partial charge in [0.2, 0.25) is 0 Å². The highest BCUT2D eigenvalue weighted by molar-refractivity contribution is 5.76. The molecule has 0 bridgehead atoms. The minimum atomic E-state index is 0.0457. The molecule has 14 heavy (non-hydrogen) atoms. The Morgan fingerprint density at radius 2 is 1.86 bits per heavy atom. The molecular weight excluding hydrogens is 176 g/mol. The Hall–Kier alpha value is -0.790. The lowest BCUT2D eigenvalue weighted by Crippen LogP contribution is -2.08.